The number of hydrogen-bond donors (Lipinski definition) is 1. The van der Waals surface area contributed by atoms with Gasteiger partial charge in [-0.2, -0.15) is 0 Å². The third-order valence-electron chi connectivity index (χ3n) is 1.95. The average molecular weight is 198 g/mol. The molecule has 10 heavy (non-hydrogen) atoms. The summed E-state index contributed by atoms with van der Waals surface area (Å²) in [5.41, 5.74) is 0.763. The number of hydrogen-bond acceptors (Lipinski definition) is 1. The highest BCUT2D eigenvalue weighted by Crippen LogP contribution is 2.40. The summed E-state index contributed by atoms with van der Waals surface area (Å²) in [6.45, 7) is 6.88. The summed E-state index contributed by atoms with van der Waals surface area (Å²) in [5.74, 6) is 0. The standard InChI is InChI=1S/C6H13Cl2NSi/c1-10(2,3)4-5(7)9-6(4)8/h4-6,9H,1-3H3. The van der Waals surface area contributed by atoms with E-state index in [1.54, 1.807) is 0 Å². The predicted molar refractivity (Wildman–Crippen MR) is 49.5 cm³/mol. The second-order valence-electron chi connectivity index (χ2n) is 3.86. The molecule has 0 saturated carbocycles. The minimum absolute atomic E-state index is 0.120. The fourth-order valence-electron chi connectivity index (χ4n) is 1.27. The van der Waals surface area contributed by atoms with Crippen molar-refractivity contribution in [2.45, 2.75) is 36.2 Å². The van der Waals surface area contributed by atoms with Crippen molar-refractivity contribution in [2.24, 2.45) is 0 Å². The van der Waals surface area contributed by atoms with Gasteiger partial charge in [0, 0.05) is 5.54 Å². The van der Waals surface area contributed by atoms with Crippen molar-refractivity contribution in [3.8, 4) is 0 Å². The molecule has 1 saturated heterocycles. The molecular weight excluding hydrogens is 185 g/mol. The van der Waals surface area contributed by atoms with Crippen molar-refractivity contribution in [3.05, 3.63) is 0 Å². The van der Waals surface area contributed by atoms with E-state index < -0.39 is 8.07 Å². The monoisotopic (exact) mass is 197 g/mol. The number of halogens is 2. The van der Waals surface area contributed by atoms with E-state index in [0.717, 1.165) is 0 Å². The van der Waals surface area contributed by atoms with Crippen molar-refractivity contribution in [2.75, 3.05) is 0 Å². The largest absolute Gasteiger partial charge is 0.285 e. The van der Waals surface area contributed by atoms with Crippen LogP contribution in [0.5, 0.6) is 0 Å². The lowest BCUT2D eigenvalue weighted by molar-refractivity contribution is 0.420. The zero-order chi connectivity index (χ0) is 7.94. The third kappa shape index (κ3) is 1.50. The Morgan fingerprint density at radius 1 is 1.10 bits per heavy atom. The summed E-state index contributed by atoms with van der Waals surface area (Å²) in [6.07, 6.45) is 0. The van der Waals surface area contributed by atoms with Crippen molar-refractivity contribution in [3.63, 3.8) is 0 Å². The minimum atomic E-state index is -1.13. The van der Waals surface area contributed by atoms with Crippen LogP contribution in [0.3, 0.4) is 0 Å². The molecular formula is C6H13Cl2NSi. The molecule has 0 aliphatic carbocycles. The second-order valence-corrected chi connectivity index (χ2v) is 10.2. The van der Waals surface area contributed by atoms with Crippen LogP contribution in [0.15, 0.2) is 0 Å². The molecule has 1 fully saturated rings. The SMILES string of the molecule is C[Si](C)(C)C1C(Cl)NC1Cl. The van der Waals surface area contributed by atoms with Gasteiger partial charge in [0.15, 0.2) is 0 Å². The van der Waals surface area contributed by atoms with Crippen LogP contribution in [0, 0.1) is 0 Å². The van der Waals surface area contributed by atoms with Crippen LogP contribution in [0.1, 0.15) is 0 Å². The van der Waals surface area contributed by atoms with E-state index >= 15 is 0 Å². The Kier molecular flexibility index (Phi) is 2.36. The highest BCUT2D eigenvalue weighted by atomic mass is 35.5. The Labute approximate surface area is 73.1 Å². The second kappa shape index (κ2) is 2.66. The molecule has 1 nitrogen and oxygen atoms in total. The molecule has 1 aliphatic rings. The van der Waals surface area contributed by atoms with Crippen molar-refractivity contribution in [1.29, 1.82) is 0 Å². The van der Waals surface area contributed by atoms with Gasteiger partial charge < -0.3 is 0 Å². The van der Waals surface area contributed by atoms with Gasteiger partial charge in [-0.05, 0) is 0 Å². The number of alkyl halides is 2. The molecule has 0 spiro atoms. The van der Waals surface area contributed by atoms with Gasteiger partial charge in [-0.3, -0.25) is 5.32 Å². The highest BCUT2D eigenvalue weighted by Gasteiger charge is 2.46. The molecule has 1 rings (SSSR count). The number of nitrogens with one attached hydrogen (secondary N) is 1. The summed E-state index contributed by atoms with van der Waals surface area (Å²) in [6, 6.07) is 0. The van der Waals surface area contributed by atoms with Gasteiger partial charge in [-0.25, -0.2) is 0 Å². The number of rotatable bonds is 1. The maximum atomic E-state index is 5.93. The smallest absolute Gasteiger partial charge is 0.0867 e. The summed E-state index contributed by atoms with van der Waals surface area (Å²) in [5, 5.41) is 3.03. The van der Waals surface area contributed by atoms with Crippen LogP contribution in [-0.2, 0) is 0 Å². The Morgan fingerprint density at radius 2 is 1.50 bits per heavy atom. The molecule has 0 aromatic heterocycles. The van der Waals surface area contributed by atoms with E-state index in [4.69, 9.17) is 23.2 Å². The van der Waals surface area contributed by atoms with E-state index in [2.05, 4.69) is 25.0 Å². The molecule has 4 heteroatoms. The normalized spacial score (nSPS) is 41.1. The first-order chi connectivity index (χ1) is 4.43. The molecule has 0 bridgehead atoms. The third-order valence-corrected chi connectivity index (χ3v) is 5.83. The topological polar surface area (TPSA) is 12.0 Å². The molecule has 2 unspecified atom stereocenters. The Hall–Kier alpha value is 0.757. The molecule has 0 amide bonds. The molecule has 0 aromatic rings. The first-order valence-electron chi connectivity index (χ1n) is 3.47. The summed E-state index contributed by atoms with van der Waals surface area (Å²) >= 11 is 11.9. The predicted octanol–water partition coefficient (Wildman–Crippen LogP) is 2.43. The summed E-state index contributed by atoms with van der Waals surface area (Å²) < 4.78 is 0. The van der Waals surface area contributed by atoms with Crippen LogP contribution in [0.25, 0.3) is 0 Å². The maximum Gasteiger partial charge on any atom is 0.0867 e. The van der Waals surface area contributed by atoms with Crippen LogP contribution in [0.4, 0.5) is 0 Å². The summed E-state index contributed by atoms with van der Waals surface area (Å²) in [7, 11) is -1.13. The molecule has 60 valence electrons. The van der Waals surface area contributed by atoms with Crippen LogP contribution in [0.2, 0.25) is 25.2 Å². The van der Waals surface area contributed by atoms with Crippen molar-refractivity contribution in [1.82, 2.24) is 5.32 Å². The summed E-state index contributed by atoms with van der Waals surface area (Å²) in [4.78, 5) is 0. The van der Waals surface area contributed by atoms with Gasteiger partial charge >= 0.3 is 0 Å². The fraction of sp³-hybridized carbons (Fsp3) is 1.00. The van der Waals surface area contributed by atoms with Gasteiger partial charge in [0.05, 0.1) is 19.1 Å². The molecule has 1 aliphatic heterocycles. The minimum Gasteiger partial charge on any atom is -0.285 e. The highest BCUT2D eigenvalue weighted by molar-refractivity contribution is 6.79. The van der Waals surface area contributed by atoms with Gasteiger partial charge in [0.25, 0.3) is 0 Å². The lowest BCUT2D eigenvalue weighted by Crippen LogP contribution is -2.60. The van der Waals surface area contributed by atoms with Gasteiger partial charge in [-0.15, -0.1) is 23.2 Å². The lowest BCUT2D eigenvalue weighted by Gasteiger charge is -2.45. The zero-order valence-corrected chi connectivity index (χ0v) is 9.00. The Bertz CT molecular complexity index is 126. The van der Waals surface area contributed by atoms with E-state index in [0.29, 0.717) is 5.54 Å². The Balaban J connectivity index is 2.55. The Morgan fingerprint density at radius 3 is 1.60 bits per heavy atom. The van der Waals surface area contributed by atoms with E-state index in [1.165, 1.54) is 0 Å². The van der Waals surface area contributed by atoms with Crippen molar-refractivity contribution >= 4 is 31.3 Å². The van der Waals surface area contributed by atoms with Gasteiger partial charge in [-0.1, -0.05) is 19.6 Å². The quantitative estimate of drug-likeness (QED) is 0.387. The molecule has 1 N–H and O–H groups in total. The van der Waals surface area contributed by atoms with Crippen LogP contribution >= 0.6 is 23.2 Å². The fourth-order valence-corrected chi connectivity index (χ4v) is 6.18. The first kappa shape index (κ1) is 8.85. The maximum absolute atomic E-state index is 5.93. The molecule has 2 atom stereocenters. The van der Waals surface area contributed by atoms with E-state index in [9.17, 15) is 0 Å². The van der Waals surface area contributed by atoms with Gasteiger partial charge in [0.1, 0.15) is 0 Å². The molecule has 0 radical (unpaired) electrons. The van der Waals surface area contributed by atoms with Crippen LogP contribution < -0.4 is 5.32 Å². The van der Waals surface area contributed by atoms with Crippen LogP contribution in [-0.4, -0.2) is 19.1 Å². The first-order valence-corrected chi connectivity index (χ1v) is 7.92. The molecule has 0 aromatic carbocycles. The van der Waals surface area contributed by atoms with E-state index in [1.807, 2.05) is 0 Å². The van der Waals surface area contributed by atoms with E-state index in [-0.39, 0.29) is 11.0 Å². The van der Waals surface area contributed by atoms with Gasteiger partial charge in [0.2, 0.25) is 0 Å². The van der Waals surface area contributed by atoms with Crippen molar-refractivity contribution < 1.29 is 0 Å². The average Bonchev–Trinajstić information content (AvgIpc) is 1.58. The zero-order valence-electron chi connectivity index (χ0n) is 6.49. The lowest BCUT2D eigenvalue weighted by atomic mass is 10.3. The molecule has 1 heterocycles.